The summed E-state index contributed by atoms with van der Waals surface area (Å²) in [5.74, 6) is 1.93. The molecule has 1 atom stereocenters. The largest absolute Gasteiger partial charge is 0.432 e. The second-order valence-electron chi connectivity index (χ2n) is 7.28. The summed E-state index contributed by atoms with van der Waals surface area (Å²) in [7, 11) is -1.94. The van der Waals surface area contributed by atoms with Crippen LogP contribution in [0.3, 0.4) is 0 Å². The zero-order valence-electron chi connectivity index (χ0n) is 16.0. The molecule has 0 aromatic carbocycles. The first-order chi connectivity index (χ1) is 8.52. The van der Waals surface area contributed by atoms with Crippen molar-refractivity contribution < 1.29 is 42.6 Å². The molecule has 6 heteroatoms. The van der Waals surface area contributed by atoms with E-state index in [1.54, 1.807) is 6.92 Å². The van der Waals surface area contributed by atoms with Crippen LogP contribution in [-0.2, 0) is 21.7 Å². The number of hydrogen-bond donors (Lipinski definition) is 2. The van der Waals surface area contributed by atoms with Gasteiger partial charge in [0, 0.05) is 21.7 Å². The van der Waals surface area contributed by atoms with Crippen LogP contribution < -0.4 is 0 Å². The van der Waals surface area contributed by atoms with Crippen LogP contribution in [0.1, 0.15) is 61.8 Å². The van der Waals surface area contributed by atoms with Crippen LogP contribution in [0.4, 0.5) is 0 Å². The molecule has 0 heterocycles. The van der Waals surface area contributed by atoms with Crippen LogP contribution in [0.5, 0.6) is 0 Å². The Morgan fingerprint density at radius 1 is 0.727 bits per heavy atom. The van der Waals surface area contributed by atoms with Crippen molar-refractivity contribution in [1.29, 1.82) is 0 Å². The van der Waals surface area contributed by atoms with E-state index in [-0.39, 0.29) is 38.8 Å². The van der Waals surface area contributed by atoms with Gasteiger partial charge in [-0.15, -0.1) is 0 Å². The molecule has 0 aliphatic rings. The van der Waals surface area contributed by atoms with E-state index in [1.807, 2.05) is 6.92 Å². The summed E-state index contributed by atoms with van der Waals surface area (Å²) in [5, 5.41) is 8.36. The Kier molecular flexibility index (Phi) is 28.1. The molecule has 4 nitrogen and oxygen atoms in total. The van der Waals surface area contributed by atoms with Gasteiger partial charge in [-0.2, -0.15) is 0 Å². The molecule has 138 valence electrons. The topological polar surface area (TPSA) is 103 Å². The Labute approximate surface area is 154 Å². The third kappa shape index (κ3) is 25.7. The van der Waals surface area contributed by atoms with E-state index in [2.05, 4.69) is 41.5 Å². The summed E-state index contributed by atoms with van der Waals surface area (Å²) < 4.78 is 0. The Bertz CT molecular complexity index is 186. The van der Waals surface area contributed by atoms with E-state index in [4.69, 9.17) is 5.11 Å². The molecule has 0 saturated heterocycles. The molecule has 0 bridgehead atoms. The normalized spacial score (nSPS) is 11.9. The number of hydrogen-bond acceptors (Lipinski definition) is 2. The van der Waals surface area contributed by atoms with Crippen molar-refractivity contribution in [3.8, 4) is 0 Å². The van der Waals surface area contributed by atoms with Crippen LogP contribution in [-0.4, -0.2) is 35.3 Å². The van der Waals surface area contributed by atoms with Gasteiger partial charge in [-0.3, -0.25) is 0 Å². The van der Waals surface area contributed by atoms with Crippen LogP contribution in [0.25, 0.3) is 0 Å². The minimum Gasteiger partial charge on any atom is -0.432 e. The van der Waals surface area contributed by atoms with Gasteiger partial charge in [0.05, 0.1) is 6.10 Å². The minimum atomic E-state index is -1.94. The van der Waals surface area contributed by atoms with Gasteiger partial charge < -0.3 is 20.9 Å². The van der Waals surface area contributed by atoms with Crippen molar-refractivity contribution in [1.82, 2.24) is 0 Å². The monoisotopic (exact) mass is 374 g/mol. The summed E-state index contributed by atoms with van der Waals surface area (Å²) in [4.78, 5) is 10.7. The molecule has 0 amide bonds. The maximum atomic E-state index is 10.7. The molecule has 22 heavy (non-hydrogen) atoms. The molecule has 0 saturated carbocycles. The summed E-state index contributed by atoms with van der Waals surface area (Å²) >= 11 is 0. The van der Waals surface area contributed by atoms with E-state index in [0.29, 0.717) is 17.8 Å². The molecular formula is C16H42O4SiTi. The fourth-order valence-corrected chi connectivity index (χ4v) is 7.59. The second kappa shape index (κ2) is 18.1. The van der Waals surface area contributed by atoms with Crippen LogP contribution in [0, 0.1) is 17.8 Å². The Morgan fingerprint density at radius 2 is 0.909 bits per heavy atom. The molecule has 0 fully saturated rings. The molecular weight excluding hydrogens is 332 g/mol. The van der Waals surface area contributed by atoms with Gasteiger partial charge in [0.25, 0.3) is 0 Å². The van der Waals surface area contributed by atoms with Gasteiger partial charge in [0.15, 0.2) is 8.32 Å². The van der Waals surface area contributed by atoms with Gasteiger partial charge >= 0.3 is 0 Å². The summed E-state index contributed by atoms with van der Waals surface area (Å²) in [5.41, 5.74) is 0. The predicted octanol–water partition coefficient (Wildman–Crippen LogP) is 3.02. The second-order valence-corrected chi connectivity index (χ2v) is 10.9. The van der Waals surface area contributed by atoms with E-state index >= 15 is 0 Å². The van der Waals surface area contributed by atoms with Crippen LogP contribution in [0.2, 0.25) is 18.1 Å². The van der Waals surface area contributed by atoms with Gasteiger partial charge in [-0.1, -0.05) is 48.5 Å². The summed E-state index contributed by atoms with van der Waals surface area (Å²) in [6.07, 6.45) is 0.745. The van der Waals surface area contributed by atoms with Crippen molar-refractivity contribution in [3.05, 3.63) is 0 Å². The average Bonchev–Trinajstić information content (AvgIpc) is 2.13. The SMILES string of the molecule is CC(C)C[Si](O)(CC(C)C)CC(C)C.CCC(C)O.O.O.[Ti]. The van der Waals surface area contributed by atoms with Crippen LogP contribution >= 0.6 is 0 Å². The van der Waals surface area contributed by atoms with Gasteiger partial charge in [0.2, 0.25) is 0 Å². The molecule has 0 aliphatic carbocycles. The molecule has 0 aromatic rings. The first-order valence-corrected chi connectivity index (χ1v) is 10.5. The third-order valence-electron chi connectivity index (χ3n) is 2.96. The summed E-state index contributed by atoms with van der Waals surface area (Å²) in [6, 6.07) is 3.22. The molecule has 0 radical (unpaired) electrons. The number of rotatable bonds is 7. The van der Waals surface area contributed by atoms with Gasteiger partial charge in [0.1, 0.15) is 0 Å². The van der Waals surface area contributed by atoms with E-state index < -0.39 is 8.32 Å². The maximum absolute atomic E-state index is 10.7. The molecule has 0 aliphatic heterocycles. The standard InChI is InChI=1S/C12H28OSi.C4H10O.2H2O.Ti/c1-10(2)7-14(13,8-11(3)4)9-12(5)6;1-3-4(2)5;;;/h10-13H,7-9H2,1-6H3;4-5H,3H2,1-2H3;2*1H2;. The number of aliphatic hydroxyl groups excluding tert-OH is 1. The maximum Gasteiger partial charge on any atom is 0.189 e. The predicted molar refractivity (Wildman–Crippen MR) is 96.1 cm³/mol. The zero-order chi connectivity index (χ0) is 15.6. The van der Waals surface area contributed by atoms with E-state index in [1.165, 1.54) is 0 Å². The van der Waals surface area contributed by atoms with Gasteiger partial charge in [-0.05, 0) is 49.2 Å². The molecule has 0 aromatic heterocycles. The first-order valence-electron chi connectivity index (χ1n) is 7.92. The third-order valence-corrected chi connectivity index (χ3v) is 7.68. The average molecular weight is 374 g/mol. The van der Waals surface area contributed by atoms with Crippen molar-refractivity contribution in [3.63, 3.8) is 0 Å². The number of aliphatic hydroxyl groups is 1. The van der Waals surface area contributed by atoms with Crippen molar-refractivity contribution in [2.24, 2.45) is 17.8 Å². The minimum absolute atomic E-state index is 0. The summed E-state index contributed by atoms with van der Waals surface area (Å²) in [6.45, 7) is 17.1. The van der Waals surface area contributed by atoms with Crippen molar-refractivity contribution in [2.75, 3.05) is 0 Å². The first kappa shape index (κ1) is 34.2. The Balaban J connectivity index is -0.000000105. The Hall–Kier alpha value is 0.771. The van der Waals surface area contributed by atoms with Crippen molar-refractivity contribution >= 4 is 8.32 Å². The van der Waals surface area contributed by atoms with Crippen molar-refractivity contribution in [2.45, 2.75) is 86.0 Å². The molecule has 0 spiro atoms. The molecule has 6 N–H and O–H groups in total. The zero-order valence-corrected chi connectivity index (χ0v) is 18.6. The van der Waals surface area contributed by atoms with Gasteiger partial charge in [-0.25, -0.2) is 0 Å². The van der Waals surface area contributed by atoms with Crippen LogP contribution in [0.15, 0.2) is 0 Å². The van der Waals surface area contributed by atoms with E-state index in [0.717, 1.165) is 24.6 Å². The Morgan fingerprint density at radius 3 is 1.00 bits per heavy atom. The smallest absolute Gasteiger partial charge is 0.189 e. The molecule has 0 rings (SSSR count). The van der Waals surface area contributed by atoms with E-state index in [9.17, 15) is 4.80 Å². The quantitative estimate of drug-likeness (QED) is 0.669. The fraction of sp³-hybridized carbons (Fsp3) is 1.00. The molecule has 1 unspecified atom stereocenters. The fourth-order valence-electron chi connectivity index (χ4n) is 2.53.